The van der Waals surface area contributed by atoms with E-state index in [2.05, 4.69) is 21.2 Å². The van der Waals surface area contributed by atoms with Crippen LogP contribution in [0.5, 0.6) is 0 Å². The van der Waals surface area contributed by atoms with Crippen LogP contribution in [-0.2, 0) is 32.6 Å². The first-order valence-electron chi connectivity index (χ1n) is 13.2. The van der Waals surface area contributed by atoms with E-state index in [-0.39, 0.29) is 23.5 Å². The molecule has 0 fully saturated rings. The van der Waals surface area contributed by atoms with E-state index in [1.54, 1.807) is 36.4 Å². The fraction of sp³-hybridized carbons (Fsp3) is 0.188. The maximum atomic E-state index is 14.2. The van der Waals surface area contributed by atoms with Gasteiger partial charge in [0.15, 0.2) is 0 Å². The highest BCUT2D eigenvalue weighted by Crippen LogP contribution is 2.27. The van der Waals surface area contributed by atoms with Crippen LogP contribution in [-0.4, -0.2) is 44.8 Å². The van der Waals surface area contributed by atoms with Crippen molar-refractivity contribution in [1.82, 2.24) is 10.2 Å². The number of benzene rings is 4. The summed E-state index contributed by atoms with van der Waals surface area (Å²) < 4.78 is 43.3. The van der Waals surface area contributed by atoms with Gasteiger partial charge in [0.2, 0.25) is 11.8 Å². The van der Waals surface area contributed by atoms with Crippen molar-refractivity contribution >= 4 is 43.5 Å². The second-order valence-corrected chi connectivity index (χ2v) is 12.6. The molecular weight excluding hydrogens is 621 g/mol. The SMILES string of the molecule is CNC(=O)C(Cc1ccccc1)N(Cc1ccc(F)cc1)C(=O)CN(c1cccc(Br)c1)S(=O)(=O)c1ccc(C)cc1. The maximum Gasteiger partial charge on any atom is 0.264 e. The third-order valence-electron chi connectivity index (χ3n) is 6.77. The van der Waals surface area contributed by atoms with Crippen LogP contribution in [0.25, 0.3) is 0 Å². The molecule has 1 unspecified atom stereocenters. The number of halogens is 2. The van der Waals surface area contributed by atoms with Crippen LogP contribution in [0.3, 0.4) is 0 Å². The summed E-state index contributed by atoms with van der Waals surface area (Å²) in [5, 5.41) is 2.64. The molecule has 0 heterocycles. The van der Waals surface area contributed by atoms with Gasteiger partial charge in [-0.15, -0.1) is 0 Å². The van der Waals surface area contributed by atoms with Crippen LogP contribution in [0.2, 0.25) is 0 Å². The first kappa shape index (κ1) is 30.9. The molecule has 4 aromatic carbocycles. The molecule has 0 aliphatic carbocycles. The van der Waals surface area contributed by atoms with Crippen LogP contribution < -0.4 is 9.62 Å². The molecule has 4 rings (SSSR count). The van der Waals surface area contributed by atoms with Crippen molar-refractivity contribution in [2.45, 2.75) is 30.8 Å². The topological polar surface area (TPSA) is 86.8 Å². The molecule has 1 N–H and O–H groups in total. The van der Waals surface area contributed by atoms with E-state index in [9.17, 15) is 22.4 Å². The molecule has 1 atom stereocenters. The summed E-state index contributed by atoms with van der Waals surface area (Å²) in [6.45, 7) is 1.24. The first-order chi connectivity index (χ1) is 20.1. The minimum Gasteiger partial charge on any atom is -0.357 e. The Bertz CT molecular complexity index is 1630. The number of hydrogen-bond donors (Lipinski definition) is 1. The van der Waals surface area contributed by atoms with E-state index in [0.717, 1.165) is 15.4 Å². The number of amides is 2. The predicted octanol–water partition coefficient (Wildman–Crippen LogP) is 5.48. The molecular formula is C32H31BrFN3O4S. The molecule has 0 spiro atoms. The average Bonchev–Trinajstić information content (AvgIpc) is 2.98. The third-order valence-corrected chi connectivity index (χ3v) is 9.05. The van der Waals surface area contributed by atoms with Crippen LogP contribution in [0.15, 0.2) is 112 Å². The van der Waals surface area contributed by atoms with Crippen molar-refractivity contribution in [2.24, 2.45) is 0 Å². The summed E-state index contributed by atoms with van der Waals surface area (Å²) in [5.74, 6) is -1.45. The highest BCUT2D eigenvalue weighted by atomic mass is 79.9. The lowest BCUT2D eigenvalue weighted by molar-refractivity contribution is -0.139. The van der Waals surface area contributed by atoms with Crippen molar-refractivity contribution in [3.05, 3.63) is 130 Å². The Labute approximate surface area is 254 Å². The van der Waals surface area contributed by atoms with Crippen LogP contribution in [0.4, 0.5) is 10.1 Å². The predicted molar refractivity (Wildman–Crippen MR) is 165 cm³/mol. The van der Waals surface area contributed by atoms with Gasteiger partial charge in [-0.25, -0.2) is 12.8 Å². The van der Waals surface area contributed by atoms with Crippen LogP contribution in [0, 0.1) is 12.7 Å². The molecule has 4 aromatic rings. The van der Waals surface area contributed by atoms with E-state index >= 15 is 0 Å². The number of likely N-dealkylation sites (N-methyl/N-ethyl adjacent to an activating group) is 1. The Balaban J connectivity index is 1.78. The largest absolute Gasteiger partial charge is 0.357 e. The standard InChI is InChI=1S/C32H31BrFN3O4S/c1-23-11-17-29(18-12-23)42(40,41)37(28-10-6-9-26(33)20-28)22-31(38)36(21-25-13-15-27(34)16-14-25)30(32(39)35-2)19-24-7-4-3-5-8-24/h3-18,20,30H,19,21-22H2,1-2H3,(H,35,39). The molecule has 0 aliphatic heterocycles. The molecule has 42 heavy (non-hydrogen) atoms. The van der Waals surface area contributed by atoms with Crippen molar-refractivity contribution in [1.29, 1.82) is 0 Å². The summed E-state index contributed by atoms with van der Waals surface area (Å²) in [6.07, 6.45) is 0.190. The summed E-state index contributed by atoms with van der Waals surface area (Å²) >= 11 is 3.40. The molecule has 0 saturated heterocycles. The number of hydrogen-bond acceptors (Lipinski definition) is 4. The molecule has 0 aliphatic rings. The Morgan fingerprint density at radius 1 is 0.881 bits per heavy atom. The second-order valence-electron chi connectivity index (χ2n) is 9.77. The molecule has 2 amide bonds. The van der Waals surface area contributed by atoms with Gasteiger partial charge in [0.25, 0.3) is 10.0 Å². The lowest BCUT2D eigenvalue weighted by Crippen LogP contribution is -2.53. The highest BCUT2D eigenvalue weighted by molar-refractivity contribution is 9.10. The van der Waals surface area contributed by atoms with Gasteiger partial charge in [0, 0.05) is 24.5 Å². The van der Waals surface area contributed by atoms with E-state index in [1.807, 2.05) is 37.3 Å². The molecule has 0 aromatic heterocycles. The Kier molecular flexibility index (Phi) is 10.1. The molecule has 0 radical (unpaired) electrons. The quantitative estimate of drug-likeness (QED) is 0.233. The second kappa shape index (κ2) is 13.8. The normalized spacial score (nSPS) is 11.9. The summed E-state index contributed by atoms with van der Waals surface area (Å²) in [7, 11) is -2.71. The Morgan fingerprint density at radius 3 is 2.17 bits per heavy atom. The molecule has 0 bridgehead atoms. The summed E-state index contributed by atoms with van der Waals surface area (Å²) in [6, 6.07) is 26.9. The van der Waals surface area contributed by atoms with Gasteiger partial charge in [0.1, 0.15) is 18.4 Å². The summed E-state index contributed by atoms with van der Waals surface area (Å²) in [5.41, 5.74) is 2.57. The van der Waals surface area contributed by atoms with Crippen molar-refractivity contribution in [3.63, 3.8) is 0 Å². The lowest BCUT2D eigenvalue weighted by Gasteiger charge is -2.33. The third kappa shape index (κ3) is 7.63. The number of carbonyl (C=O) groups is 2. The number of anilines is 1. The first-order valence-corrected chi connectivity index (χ1v) is 15.5. The average molecular weight is 653 g/mol. The van der Waals surface area contributed by atoms with E-state index in [0.29, 0.717) is 10.0 Å². The monoisotopic (exact) mass is 651 g/mol. The van der Waals surface area contributed by atoms with E-state index in [1.165, 1.54) is 48.3 Å². The fourth-order valence-electron chi connectivity index (χ4n) is 4.50. The minimum absolute atomic E-state index is 0.0260. The van der Waals surface area contributed by atoms with Gasteiger partial charge in [0.05, 0.1) is 10.6 Å². The van der Waals surface area contributed by atoms with Crippen molar-refractivity contribution < 1.29 is 22.4 Å². The van der Waals surface area contributed by atoms with Gasteiger partial charge < -0.3 is 10.2 Å². The summed E-state index contributed by atoms with van der Waals surface area (Å²) in [4.78, 5) is 28.9. The number of nitrogens with one attached hydrogen (secondary N) is 1. The number of nitrogens with zero attached hydrogens (tertiary/aromatic N) is 2. The smallest absolute Gasteiger partial charge is 0.264 e. The van der Waals surface area contributed by atoms with E-state index in [4.69, 9.17) is 0 Å². The van der Waals surface area contributed by atoms with Gasteiger partial charge in [-0.05, 0) is 60.5 Å². The van der Waals surface area contributed by atoms with Gasteiger partial charge in [-0.3, -0.25) is 13.9 Å². The van der Waals surface area contributed by atoms with Crippen LogP contribution in [0.1, 0.15) is 16.7 Å². The van der Waals surface area contributed by atoms with Crippen molar-refractivity contribution in [2.75, 3.05) is 17.9 Å². The zero-order valence-electron chi connectivity index (χ0n) is 23.2. The Hall–Kier alpha value is -4.02. The lowest BCUT2D eigenvalue weighted by atomic mass is 10.0. The van der Waals surface area contributed by atoms with Gasteiger partial charge in [-0.1, -0.05) is 82.2 Å². The van der Waals surface area contributed by atoms with Gasteiger partial charge in [-0.2, -0.15) is 0 Å². The van der Waals surface area contributed by atoms with E-state index < -0.39 is 40.2 Å². The van der Waals surface area contributed by atoms with Crippen LogP contribution >= 0.6 is 15.9 Å². The number of rotatable bonds is 11. The molecule has 218 valence electrons. The molecule has 10 heteroatoms. The van der Waals surface area contributed by atoms with Gasteiger partial charge >= 0.3 is 0 Å². The zero-order valence-corrected chi connectivity index (χ0v) is 25.6. The molecule has 7 nitrogen and oxygen atoms in total. The molecule has 0 saturated carbocycles. The Morgan fingerprint density at radius 2 is 1.55 bits per heavy atom. The maximum absolute atomic E-state index is 14.2. The number of sulfonamides is 1. The van der Waals surface area contributed by atoms with Crippen molar-refractivity contribution in [3.8, 4) is 0 Å². The number of aryl methyl sites for hydroxylation is 1. The zero-order chi connectivity index (χ0) is 30.3. The highest BCUT2D eigenvalue weighted by Gasteiger charge is 2.34. The number of carbonyl (C=O) groups excluding carboxylic acids is 2. The fourth-order valence-corrected chi connectivity index (χ4v) is 6.30. The minimum atomic E-state index is -4.19.